The summed E-state index contributed by atoms with van der Waals surface area (Å²) in [7, 11) is 0. The number of carbonyl (C=O) groups excluding carboxylic acids is 1. The first-order chi connectivity index (χ1) is 9.60. The van der Waals surface area contributed by atoms with Gasteiger partial charge in [0.25, 0.3) is 5.91 Å². The minimum atomic E-state index is -0.331. The Morgan fingerprint density at radius 2 is 2.30 bits per heavy atom. The first kappa shape index (κ1) is 15.4. The van der Waals surface area contributed by atoms with Gasteiger partial charge in [-0.25, -0.2) is 0 Å². The molecule has 1 fully saturated rings. The number of hydrogen-bond donors (Lipinski definition) is 1. The van der Waals surface area contributed by atoms with E-state index in [0.29, 0.717) is 35.5 Å². The second kappa shape index (κ2) is 7.13. The summed E-state index contributed by atoms with van der Waals surface area (Å²) in [6, 6.07) is 4.82. The number of aliphatic hydroxyl groups excluding tert-OH is 1. The van der Waals surface area contributed by atoms with Gasteiger partial charge in [0.1, 0.15) is 5.75 Å². The normalized spacial score (nSPS) is 18.9. The zero-order chi connectivity index (χ0) is 14.5. The molecule has 0 aliphatic carbocycles. The van der Waals surface area contributed by atoms with E-state index >= 15 is 0 Å². The minimum Gasteiger partial charge on any atom is -0.482 e. The van der Waals surface area contributed by atoms with Crippen LogP contribution in [0.25, 0.3) is 0 Å². The fraction of sp³-hybridized carbons (Fsp3) is 0.462. The second-order valence-corrected chi connectivity index (χ2v) is 5.22. The lowest BCUT2D eigenvalue weighted by atomic mass is 10.3. The Bertz CT molecular complexity index is 483. The van der Waals surface area contributed by atoms with Crippen LogP contribution in [0.2, 0.25) is 10.0 Å². The molecule has 1 N–H and O–H groups in total. The van der Waals surface area contributed by atoms with Gasteiger partial charge >= 0.3 is 0 Å². The van der Waals surface area contributed by atoms with Crippen LogP contribution in [0.1, 0.15) is 0 Å². The van der Waals surface area contributed by atoms with Crippen LogP contribution in [0, 0.1) is 0 Å². The molecular weight excluding hydrogens is 305 g/mol. The number of nitrogens with zero attached hydrogens (tertiary/aromatic N) is 1. The van der Waals surface area contributed by atoms with Gasteiger partial charge in [0.15, 0.2) is 6.61 Å². The summed E-state index contributed by atoms with van der Waals surface area (Å²) in [6.07, 6.45) is -0.331. The average molecular weight is 320 g/mol. The molecule has 5 nitrogen and oxygen atoms in total. The van der Waals surface area contributed by atoms with Gasteiger partial charge in [-0.15, -0.1) is 0 Å². The maximum atomic E-state index is 12.0. The summed E-state index contributed by atoms with van der Waals surface area (Å²) in [5, 5.41) is 9.93. The van der Waals surface area contributed by atoms with Crippen molar-refractivity contribution in [2.45, 2.75) is 6.10 Å². The maximum absolute atomic E-state index is 12.0. The van der Waals surface area contributed by atoms with Crippen molar-refractivity contribution in [2.75, 3.05) is 32.9 Å². The SMILES string of the molecule is O=C(COc1cc(Cl)ccc1Cl)N1CCOC(CO)C1. The lowest BCUT2D eigenvalue weighted by molar-refractivity contribution is -0.142. The first-order valence-corrected chi connectivity index (χ1v) is 6.94. The van der Waals surface area contributed by atoms with E-state index in [-0.39, 0.29) is 25.2 Å². The van der Waals surface area contributed by atoms with Gasteiger partial charge in [-0.3, -0.25) is 4.79 Å². The lowest BCUT2D eigenvalue weighted by Crippen LogP contribution is -2.48. The van der Waals surface area contributed by atoms with Crippen LogP contribution >= 0.6 is 23.2 Å². The minimum absolute atomic E-state index is 0.106. The summed E-state index contributed by atoms with van der Waals surface area (Å²) >= 11 is 11.8. The predicted octanol–water partition coefficient (Wildman–Crippen LogP) is 1.59. The Morgan fingerprint density at radius 1 is 1.50 bits per heavy atom. The molecule has 1 atom stereocenters. The van der Waals surface area contributed by atoms with Crippen molar-refractivity contribution in [3.8, 4) is 5.75 Å². The van der Waals surface area contributed by atoms with E-state index in [1.54, 1.807) is 23.1 Å². The molecule has 2 rings (SSSR count). The number of aliphatic hydroxyl groups is 1. The van der Waals surface area contributed by atoms with Gasteiger partial charge < -0.3 is 19.5 Å². The quantitative estimate of drug-likeness (QED) is 0.915. The number of ether oxygens (including phenoxy) is 2. The van der Waals surface area contributed by atoms with Crippen molar-refractivity contribution in [3.63, 3.8) is 0 Å². The Balaban J connectivity index is 1.90. The fourth-order valence-electron chi connectivity index (χ4n) is 1.87. The van der Waals surface area contributed by atoms with Crippen LogP contribution in [0.4, 0.5) is 0 Å². The van der Waals surface area contributed by atoms with Crippen LogP contribution in [0.15, 0.2) is 18.2 Å². The number of morpholine rings is 1. The highest BCUT2D eigenvalue weighted by atomic mass is 35.5. The molecule has 1 aromatic carbocycles. The molecule has 0 bridgehead atoms. The van der Waals surface area contributed by atoms with E-state index in [0.717, 1.165) is 0 Å². The van der Waals surface area contributed by atoms with Gasteiger partial charge in [-0.1, -0.05) is 23.2 Å². The summed E-state index contributed by atoms with van der Waals surface area (Å²) in [5.41, 5.74) is 0. The molecule has 1 aliphatic rings. The lowest BCUT2D eigenvalue weighted by Gasteiger charge is -2.32. The van der Waals surface area contributed by atoms with Crippen molar-refractivity contribution in [2.24, 2.45) is 0 Å². The molecule has 1 amide bonds. The molecule has 110 valence electrons. The highest BCUT2D eigenvalue weighted by Gasteiger charge is 2.24. The molecule has 1 aliphatic heterocycles. The van der Waals surface area contributed by atoms with Crippen molar-refractivity contribution in [3.05, 3.63) is 28.2 Å². The largest absolute Gasteiger partial charge is 0.482 e. The third kappa shape index (κ3) is 3.99. The summed E-state index contributed by atoms with van der Waals surface area (Å²) in [5.74, 6) is 0.197. The van der Waals surface area contributed by atoms with Crippen LogP contribution < -0.4 is 4.74 Å². The van der Waals surface area contributed by atoms with E-state index in [2.05, 4.69) is 0 Å². The maximum Gasteiger partial charge on any atom is 0.260 e. The second-order valence-electron chi connectivity index (χ2n) is 4.38. The monoisotopic (exact) mass is 319 g/mol. The molecule has 20 heavy (non-hydrogen) atoms. The highest BCUT2D eigenvalue weighted by Crippen LogP contribution is 2.27. The number of carbonyl (C=O) groups is 1. The van der Waals surface area contributed by atoms with E-state index in [1.807, 2.05) is 0 Å². The molecule has 0 radical (unpaired) electrons. The molecule has 0 aromatic heterocycles. The molecule has 1 aromatic rings. The van der Waals surface area contributed by atoms with E-state index in [1.165, 1.54) is 0 Å². The molecule has 1 heterocycles. The van der Waals surface area contributed by atoms with E-state index in [9.17, 15) is 4.79 Å². The van der Waals surface area contributed by atoms with Gasteiger partial charge in [0.05, 0.1) is 24.3 Å². The van der Waals surface area contributed by atoms with E-state index < -0.39 is 0 Å². The molecule has 7 heteroatoms. The Kier molecular flexibility index (Phi) is 5.48. The number of benzene rings is 1. The van der Waals surface area contributed by atoms with E-state index in [4.69, 9.17) is 37.8 Å². The standard InChI is InChI=1S/C13H15Cl2NO4/c14-9-1-2-11(15)12(5-9)20-8-13(18)16-3-4-19-10(6-16)7-17/h1-2,5,10,17H,3-4,6-8H2. The van der Waals surface area contributed by atoms with Crippen molar-refractivity contribution < 1.29 is 19.4 Å². The molecule has 0 saturated carbocycles. The van der Waals surface area contributed by atoms with Gasteiger partial charge in [-0.05, 0) is 12.1 Å². The summed E-state index contributed by atoms with van der Waals surface area (Å²) in [6.45, 7) is 1.03. The predicted molar refractivity (Wildman–Crippen MR) is 75.4 cm³/mol. The Hall–Kier alpha value is -1.01. The molecule has 0 spiro atoms. The number of rotatable bonds is 4. The van der Waals surface area contributed by atoms with Gasteiger partial charge in [0, 0.05) is 24.2 Å². The van der Waals surface area contributed by atoms with Crippen LogP contribution in [-0.2, 0) is 9.53 Å². The fourth-order valence-corrected chi connectivity index (χ4v) is 2.21. The smallest absolute Gasteiger partial charge is 0.260 e. The third-order valence-corrected chi connectivity index (χ3v) is 3.49. The zero-order valence-electron chi connectivity index (χ0n) is 10.7. The molecule has 1 saturated heterocycles. The first-order valence-electron chi connectivity index (χ1n) is 6.18. The van der Waals surface area contributed by atoms with Crippen molar-refractivity contribution >= 4 is 29.1 Å². The Labute approximate surface area is 127 Å². The van der Waals surface area contributed by atoms with Crippen LogP contribution in [0.5, 0.6) is 5.75 Å². The van der Waals surface area contributed by atoms with Crippen molar-refractivity contribution in [1.82, 2.24) is 4.90 Å². The topological polar surface area (TPSA) is 59.0 Å². The third-order valence-electron chi connectivity index (χ3n) is 2.94. The Morgan fingerprint density at radius 3 is 3.05 bits per heavy atom. The number of hydrogen-bond acceptors (Lipinski definition) is 4. The van der Waals surface area contributed by atoms with Gasteiger partial charge in [0.2, 0.25) is 0 Å². The van der Waals surface area contributed by atoms with Crippen molar-refractivity contribution in [1.29, 1.82) is 0 Å². The van der Waals surface area contributed by atoms with Gasteiger partial charge in [-0.2, -0.15) is 0 Å². The molecule has 1 unspecified atom stereocenters. The number of amides is 1. The highest BCUT2D eigenvalue weighted by molar-refractivity contribution is 6.34. The average Bonchev–Trinajstić information content (AvgIpc) is 2.48. The summed E-state index contributed by atoms with van der Waals surface area (Å²) in [4.78, 5) is 13.6. The summed E-state index contributed by atoms with van der Waals surface area (Å²) < 4.78 is 10.7. The zero-order valence-corrected chi connectivity index (χ0v) is 12.2. The number of halogens is 2. The van der Waals surface area contributed by atoms with Crippen LogP contribution in [-0.4, -0.2) is 54.9 Å². The molecular formula is C13H15Cl2NO4. The van der Waals surface area contributed by atoms with Crippen LogP contribution in [0.3, 0.4) is 0 Å².